The molecule has 1 aliphatic rings. The van der Waals surface area contributed by atoms with Crippen LogP contribution in [0.4, 0.5) is 5.69 Å². The smallest absolute Gasteiger partial charge is 0.0559 e. The summed E-state index contributed by atoms with van der Waals surface area (Å²) in [5.41, 5.74) is 8.78. The maximum Gasteiger partial charge on any atom is 0.0559 e. The molecule has 1 aromatic heterocycles. The van der Waals surface area contributed by atoms with Crippen LogP contribution in [0.5, 0.6) is 0 Å². The number of rotatable bonds is 3. The van der Waals surface area contributed by atoms with Gasteiger partial charge in [-0.25, -0.2) is 0 Å². The lowest BCUT2D eigenvalue weighted by molar-refractivity contribution is 0.232. The van der Waals surface area contributed by atoms with Crippen LogP contribution in [0.3, 0.4) is 0 Å². The fourth-order valence-electron chi connectivity index (χ4n) is 3.18. The van der Waals surface area contributed by atoms with E-state index in [9.17, 15) is 0 Å². The van der Waals surface area contributed by atoms with Crippen molar-refractivity contribution in [2.24, 2.45) is 17.6 Å². The number of hydrogen-bond acceptors (Lipinski definition) is 3. The van der Waals surface area contributed by atoms with Gasteiger partial charge in [-0.05, 0) is 48.6 Å². The molecule has 1 saturated carbocycles. The second-order valence-corrected chi connectivity index (χ2v) is 5.88. The van der Waals surface area contributed by atoms with Gasteiger partial charge in [-0.2, -0.15) is 0 Å². The minimum absolute atomic E-state index is 0.342. The van der Waals surface area contributed by atoms with Crippen molar-refractivity contribution in [3.63, 3.8) is 0 Å². The molecular formula is C15H25N3. The Morgan fingerprint density at radius 1 is 1.33 bits per heavy atom. The van der Waals surface area contributed by atoms with E-state index >= 15 is 0 Å². The molecule has 0 radical (unpaired) electrons. The monoisotopic (exact) mass is 247 g/mol. The first-order chi connectivity index (χ1) is 8.61. The quantitative estimate of drug-likeness (QED) is 0.863. The average Bonchev–Trinajstić information content (AvgIpc) is 2.38. The second-order valence-electron chi connectivity index (χ2n) is 5.88. The summed E-state index contributed by atoms with van der Waals surface area (Å²) < 4.78 is 0. The normalized spacial score (nSPS) is 28.4. The maximum absolute atomic E-state index is 6.25. The molecule has 0 spiro atoms. The third-order valence-corrected chi connectivity index (χ3v) is 4.29. The van der Waals surface area contributed by atoms with Crippen LogP contribution in [-0.4, -0.2) is 18.1 Å². The van der Waals surface area contributed by atoms with E-state index in [2.05, 4.69) is 30.2 Å². The molecule has 100 valence electrons. The van der Waals surface area contributed by atoms with Gasteiger partial charge in [0.1, 0.15) is 0 Å². The van der Waals surface area contributed by atoms with Crippen molar-refractivity contribution >= 4 is 5.69 Å². The largest absolute Gasteiger partial charge is 0.387 e. The lowest BCUT2D eigenvalue weighted by atomic mass is 9.72. The number of anilines is 1. The Kier molecular flexibility index (Phi) is 4.23. The number of hydrogen-bond donors (Lipinski definition) is 2. The third kappa shape index (κ3) is 2.83. The first-order valence-corrected chi connectivity index (χ1v) is 6.99. The van der Waals surface area contributed by atoms with Gasteiger partial charge < -0.3 is 11.1 Å². The summed E-state index contributed by atoms with van der Waals surface area (Å²) in [5.74, 6) is 2.04. The molecule has 1 heterocycles. The minimum atomic E-state index is 0.342. The van der Waals surface area contributed by atoms with E-state index in [0.29, 0.717) is 12.0 Å². The molecule has 0 aliphatic heterocycles. The van der Waals surface area contributed by atoms with Gasteiger partial charge in [0.05, 0.1) is 11.9 Å². The molecule has 1 aromatic rings. The molecule has 3 heteroatoms. The van der Waals surface area contributed by atoms with Crippen LogP contribution in [0, 0.1) is 11.8 Å². The summed E-state index contributed by atoms with van der Waals surface area (Å²) in [4.78, 5) is 4.19. The highest BCUT2D eigenvalue weighted by atomic mass is 14.8. The summed E-state index contributed by atoms with van der Waals surface area (Å²) >= 11 is 0. The second kappa shape index (κ2) is 5.70. The van der Waals surface area contributed by atoms with Crippen LogP contribution in [0.15, 0.2) is 18.5 Å². The number of nitrogens with zero attached hydrogens (tertiary/aromatic N) is 1. The highest BCUT2D eigenvalue weighted by molar-refractivity contribution is 5.50. The van der Waals surface area contributed by atoms with E-state index < -0.39 is 0 Å². The van der Waals surface area contributed by atoms with Gasteiger partial charge in [-0.3, -0.25) is 4.98 Å². The lowest BCUT2D eigenvalue weighted by Crippen LogP contribution is -2.34. The van der Waals surface area contributed by atoms with E-state index in [4.69, 9.17) is 5.73 Å². The molecule has 0 bridgehead atoms. The van der Waals surface area contributed by atoms with E-state index in [1.54, 1.807) is 0 Å². The summed E-state index contributed by atoms with van der Waals surface area (Å²) in [7, 11) is 1.96. The SMILES string of the molecule is CNc1cnccc1C1CC(N)CC(C(C)C)C1. The summed E-state index contributed by atoms with van der Waals surface area (Å²) in [6.07, 6.45) is 7.33. The van der Waals surface area contributed by atoms with Gasteiger partial charge in [0, 0.05) is 19.3 Å². The van der Waals surface area contributed by atoms with E-state index in [1.165, 1.54) is 18.4 Å². The molecule has 18 heavy (non-hydrogen) atoms. The minimum Gasteiger partial charge on any atom is -0.387 e. The van der Waals surface area contributed by atoms with Gasteiger partial charge >= 0.3 is 0 Å². The molecule has 1 aliphatic carbocycles. The molecule has 0 saturated heterocycles. The standard InChI is InChI=1S/C15H25N3/c1-10(2)11-6-12(8-13(16)7-11)14-4-5-18-9-15(14)17-3/h4-5,9-13,17H,6-8,16H2,1-3H3. The van der Waals surface area contributed by atoms with Crippen molar-refractivity contribution in [2.75, 3.05) is 12.4 Å². The van der Waals surface area contributed by atoms with Crippen LogP contribution in [-0.2, 0) is 0 Å². The highest BCUT2D eigenvalue weighted by Gasteiger charge is 2.30. The average molecular weight is 247 g/mol. The van der Waals surface area contributed by atoms with Crippen LogP contribution >= 0.6 is 0 Å². The van der Waals surface area contributed by atoms with Crippen LogP contribution in [0.2, 0.25) is 0 Å². The van der Waals surface area contributed by atoms with Crippen molar-refractivity contribution < 1.29 is 0 Å². The van der Waals surface area contributed by atoms with Crippen molar-refractivity contribution in [2.45, 2.75) is 45.1 Å². The zero-order chi connectivity index (χ0) is 13.1. The maximum atomic E-state index is 6.25. The molecule has 0 amide bonds. The van der Waals surface area contributed by atoms with Crippen molar-refractivity contribution in [1.29, 1.82) is 0 Å². The van der Waals surface area contributed by atoms with Gasteiger partial charge in [-0.15, -0.1) is 0 Å². The van der Waals surface area contributed by atoms with Crippen molar-refractivity contribution in [1.82, 2.24) is 4.98 Å². The summed E-state index contributed by atoms with van der Waals surface area (Å²) in [5, 5.41) is 3.25. The van der Waals surface area contributed by atoms with Gasteiger partial charge in [0.15, 0.2) is 0 Å². The molecule has 3 N–H and O–H groups in total. The number of nitrogens with two attached hydrogens (primary N) is 1. The predicted molar refractivity (Wildman–Crippen MR) is 76.7 cm³/mol. The number of nitrogens with one attached hydrogen (secondary N) is 1. The lowest BCUT2D eigenvalue weighted by Gasteiger charge is -2.36. The number of pyridine rings is 1. The van der Waals surface area contributed by atoms with Gasteiger partial charge in [0.2, 0.25) is 0 Å². The Labute approximate surface area is 110 Å². The number of aromatic nitrogens is 1. The highest BCUT2D eigenvalue weighted by Crippen LogP contribution is 2.40. The zero-order valence-electron chi connectivity index (χ0n) is 11.7. The van der Waals surface area contributed by atoms with E-state index in [1.807, 2.05) is 19.4 Å². The zero-order valence-corrected chi connectivity index (χ0v) is 11.7. The summed E-state index contributed by atoms with van der Waals surface area (Å²) in [6, 6.07) is 2.49. The molecule has 3 nitrogen and oxygen atoms in total. The summed E-state index contributed by atoms with van der Waals surface area (Å²) in [6.45, 7) is 4.62. The molecule has 1 fully saturated rings. The predicted octanol–water partition coefficient (Wildman–Crippen LogP) is 2.99. The van der Waals surface area contributed by atoms with Crippen molar-refractivity contribution in [3.05, 3.63) is 24.0 Å². The molecule has 3 atom stereocenters. The van der Waals surface area contributed by atoms with Crippen molar-refractivity contribution in [3.8, 4) is 0 Å². The van der Waals surface area contributed by atoms with Gasteiger partial charge in [0.25, 0.3) is 0 Å². The molecule has 3 unspecified atom stereocenters. The first-order valence-electron chi connectivity index (χ1n) is 6.99. The Balaban J connectivity index is 2.21. The third-order valence-electron chi connectivity index (χ3n) is 4.29. The van der Waals surface area contributed by atoms with E-state index in [-0.39, 0.29) is 0 Å². The molecule has 2 rings (SSSR count). The van der Waals surface area contributed by atoms with Crippen LogP contribution in [0.1, 0.15) is 44.6 Å². The Hall–Kier alpha value is -1.09. The topological polar surface area (TPSA) is 50.9 Å². The Morgan fingerprint density at radius 3 is 2.78 bits per heavy atom. The van der Waals surface area contributed by atoms with Gasteiger partial charge in [-0.1, -0.05) is 13.8 Å². The molecule has 0 aromatic carbocycles. The van der Waals surface area contributed by atoms with E-state index in [0.717, 1.165) is 23.9 Å². The first kappa shape index (κ1) is 13.3. The Morgan fingerprint density at radius 2 is 2.11 bits per heavy atom. The molecular weight excluding hydrogens is 222 g/mol. The fraction of sp³-hybridized carbons (Fsp3) is 0.667. The van der Waals surface area contributed by atoms with Crippen LogP contribution in [0.25, 0.3) is 0 Å². The fourth-order valence-corrected chi connectivity index (χ4v) is 3.18. The van der Waals surface area contributed by atoms with Crippen LogP contribution < -0.4 is 11.1 Å². The Bertz CT molecular complexity index is 389.